The smallest absolute Gasteiger partial charge is 0.335 e. The highest BCUT2D eigenvalue weighted by Gasteiger charge is 2.48. The number of hydrogen-bond donors (Lipinski definition) is 4. The molecule has 0 spiro atoms. The molecule has 2 aliphatic heterocycles. The van der Waals surface area contributed by atoms with E-state index in [4.69, 9.17) is 9.47 Å². The first kappa shape index (κ1) is 26.9. The van der Waals surface area contributed by atoms with Crippen molar-refractivity contribution in [2.45, 2.75) is 69.9 Å². The Kier molecular flexibility index (Phi) is 7.25. The number of carbonyl (C=O) groups excluding carboxylic acids is 1. The number of ether oxygens (including phenoxy) is 2. The van der Waals surface area contributed by atoms with E-state index in [1.54, 1.807) is 12.1 Å². The lowest BCUT2D eigenvalue weighted by molar-refractivity contribution is -0.286. The maximum atomic E-state index is 13.7. The molecule has 0 amide bonds. The fourth-order valence-corrected chi connectivity index (χ4v) is 5.28. The maximum Gasteiger partial charge on any atom is 0.335 e. The van der Waals surface area contributed by atoms with Gasteiger partial charge in [0.15, 0.2) is 6.10 Å². The molecule has 5 atom stereocenters. The lowest BCUT2D eigenvalue weighted by atomic mass is 9.97. The third-order valence-electron chi connectivity index (χ3n) is 7.14. The molecule has 2 aliphatic rings. The van der Waals surface area contributed by atoms with Crippen LogP contribution in [0.4, 0.5) is 4.39 Å². The average Bonchev–Trinajstić information content (AvgIpc) is 3.48. The Bertz CT molecular complexity index is 1450. The van der Waals surface area contributed by atoms with Gasteiger partial charge in [-0.3, -0.25) is 9.79 Å². The van der Waals surface area contributed by atoms with Gasteiger partial charge < -0.3 is 34.5 Å². The number of aliphatic hydroxyl groups is 3. The number of nitrogens with zero attached hydrogens (tertiary/aromatic N) is 2. The van der Waals surface area contributed by atoms with Crippen LogP contribution in [-0.2, 0) is 32.0 Å². The Labute approximate surface area is 222 Å². The van der Waals surface area contributed by atoms with Crippen LogP contribution in [0.2, 0.25) is 0 Å². The molecule has 1 fully saturated rings. The van der Waals surface area contributed by atoms with Crippen LogP contribution in [0.15, 0.2) is 41.4 Å². The van der Waals surface area contributed by atoms with Crippen molar-refractivity contribution in [2.24, 2.45) is 4.99 Å². The number of aliphatic hydroxyl groups excluding tert-OH is 3. The van der Waals surface area contributed by atoms with E-state index >= 15 is 0 Å². The highest BCUT2D eigenvalue weighted by Crippen LogP contribution is 2.37. The number of halogens is 1. The van der Waals surface area contributed by atoms with Gasteiger partial charge in [-0.2, -0.15) is 0 Å². The molecule has 39 heavy (non-hydrogen) atoms. The number of carbonyl (C=O) groups is 2. The number of rotatable bonds is 7. The zero-order valence-corrected chi connectivity index (χ0v) is 21.3. The van der Waals surface area contributed by atoms with E-state index in [2.05, 4.69) is 9.56 Å². The number of aliphatic carboxylic acids is 1. The molecule has 2 aromatic carbocycles. The number of aryl methyl sites for hydroxylation is 1. The molecule has 0 bridgehead atoms. The van der Waals surface area contributed by atoms with Gasteiger partial charge in [-0.05, 0) is 65.4 Å². The van der Waals surface area contributed by atoms with Crippen molar-refractivity contribution in [2.75, 3.05) is 0 Å². The first-order chi connectivity index (χ1) is 18.6. The fourth-order valence-electron chi connectivity index (χ4n) is 5.28. The van der Waals surface area contributed by atoms with E-state index in [0.29, 0.717) is 6.54 Å². The van der Waals surface area contributed by atoms with Crippen LogP contribution in [0.1, 0.15) is 48.6 Å². The SMILES string of the molecule is CC(C)c1c(CCC(=O)OC2O[C@@H](C(=O)O)[C@H](O)[C@@H](O)[C@@H]2O)c2cc3c(cc2n1-c1ccc(F)cc1)C=NC3. The number of hydrogen-bond acceptors (Lipinski definition) is 8. The molecular weight excluding hydrogens is 511 g/mol. The van der Waals surface area contributed by atoms with Crippen LogP contribution < -0.4 is 0 Å². The van der Waals surface area contributed by atoms with E-state index in [1.807, 2.05) is 32.2 Å². The summed E-state index contributed by atoms with van der Waals surface area (Å²) in [5.74, 6) is -2.68. The van der Waals surface area contributed by atoms with Gasteiger partial charge in [-0.25, -0.2) is 9.18 Å². The normalized spacial score (nSPS) is 24.3. The summed E-state index contributed by atoms with van der Waals surface area (Å²) in [5.41, 5.74) is 5.50. The molecule has 5 rings (SSSR count). The minimum Gasteiger partial charge on any atom is -0.479 e. The summed E-state index contributed by atoms with van der Waals surface area (Å²) in [5, 5.41) is 40.2. The van der Waals surface area contributed by atoms with E-state index < -0.39 is 42.6 Å². The first-order valence-corrected chi connectivity index (χ1v) is 12.6. The Morgan fingerprint density at radius 1 is 1.13 bits per heavy atom. The number of benzene rings is 2. The number of aromatic nitrogens is 1. The van der Waals surface area contributed by atoms with Gasteiger partial charge in [0.25, 0.3) is 0 Å². The number of aliphatic imine (C=N–C) groups is 1. The third kappa shape index (κ3) is 4.94. The van der Waals surface area contributed by atoms with Crippen molar-refractivity contribution >= 4 is 29.1 Å². The van der Waals surface area contributed by atoms with Crippen LogP contribution in [0.5, 0.6) is 0 Å². The van der Waals surface area contributed by atoms with Crippen LogP contribution in [0, 0.1) is 5.82 Å². The Morgan fingerprint density at radius 2 is 1.85 bits per heavy atom. The molecule has 3 heterocycles. The number of carboxylic acids is 1. The monoisotopic (exact) mass is 540 g/mol. The second-order valence-corrected chi connectivity index (χ2v) is 10.1. The summed E-state index contributed by atoms with van der Waals surface area (Å²) >= 11 is 0. The fraction of sp³-hybridized carbons (Fsp3) is 0.393. The van der Waals surface area contributed by atoms with E-state index in [9.17, 15) is 34.4 Å². The molecule has 206 valence electrons. The Balaban J connectivity index is 1.47. The van der Waals surface area contributed by atoms with E-state index in [-0.39, 0.29) is 24.6 Å². The first-order valence-electron chi connectivity index (χ1n) is 12.6. The topological polar surface area (TPSA) is 151 Å². The summed E-state index contributed by atoms with van der Waals surface area (Å²) in [6.07, 6.45) is -7.30. The molecule has 1 saturated heterocycles. The lowest BCUT2D eigenvalue weighted by Gasteiger charge is -2.37. The molecule has 4 N–H and O–H groups in total. The molecule has 0 radical (unpaired) electrons. The number of esters is 1. The summed E-state index contributed by atoms with van der Waals surface area (Å²) < 4.78 is 26.1. The molecule has 0 saturated carbocycles. The van der Waals surface area contributed by atoms with E-state index in [1.165, 1.54) is 12.1 Å². The van der Waals surface area contributed by atoms with E-state index in [0.717, 1.165) is 39.0 Å². The van der Waals surface area contributed by atoms with Gasteiger partial charge in [0.2, 0.25) is 6.29 Å². The molecule has 1 aromatic heterocycles. The van der Waals surface area contributed by atoms with Crippen molar-refractivity contribution in [3.05, 3.63) is 64.6 Å². The third-order valence-corrected chi connectivity index (χ3v) is 7.14. The van der Waals surface area contributed by atoms with Crippen LogP contribution in [0.3, 0.4) is 0 Å². The van der Waals surface area contributed by atoms with Gasteiger partial charge in [0, 0.05) is 29.4 Å². The van der Waals surface area contributed by atoms with Gasteiger partial charge in [0.1, 0.15) is 24.1 Å². The van der Waals surface area contributed by atoms with Crippen LogP contribution >= 0.6 is 0 Å². The van der Waals surface area contributed by atoms with Gasteiger partial charge in [0.05, 0.1) is 12.1 Å². The molecule has 1 unspecified atom stereocenters. The van der Waals surface area contributed by atoms with Gasteiger partial charge in [-0.15, -0.1) is 0 Å². The standard InChI is InChI=1S/C28H29FN2O8/c1-13(2)22-18(7-8-21(32)38-28-25(35)23(33)24(34)26(39-28)27(36)37)19-9-14-11-30-12-15(14)10-20(19)31(22)17-5-3-16(29)4-6-17/h3-6,9-10,12-13,23-26,28,33-35H,7-8,11H2,1-2H3,(H,36,37)/t23-,24-,25+,26-,28?/m1/s1. The van der Waals surface area contributed by atoms with Crippen LogP contribution in [0.25, 0.3) is 16.6 Å². The van der Waals surface area contributed by atoms with Crippen molar-refractivity contribution < 1.29 is 43.9 Å². The van der Waals surface area contributed by atoms with Gasteiger partial charge in [-0.1, -0.05) is 13.8 Å². The van der Waals surface area contributed by atoms with Crippen molar-refractivity contribution in [3.8, 4) is 5.69 Å². The zero-order valence-electron chi connectivity index (χ0n) is 21.3. The quantitative estimate of drug-likeness (QED) is 0.333. The van der Waals surface area contributed by atoms with Crippen molar-refractivity contribution in [3.63, 3.8) is 0 Å². The van der Waals surface area contributed by atoms with Crippen molar-refractivity contribution in [1.82, 2.24) is 4.57 Å². The highest BCUT2D eigenvalue weighted by molar-refractivity contribution is 5.96. The highest BCUT2D eigenvalue weighted by atomic mass is 19.1. The summed E-state index contributed by atoms with van der Waals surface area (Å²) in [4.78, 5) is 28.5. The Hall–Kier alpha value is -3.64. The molecule has 0 aliphatic carbocycles. The van der Waals surface area contributed by atoms with Gasteiger partial charge >= 0.3 is 11.9 Å². The molecule has 11 heteroatoms. The molecule has 10 nitrogen and oxygen atoms in total. The Morgan fingerprint density at radius 3 is 2.51 bits per heavy atom. The maximum absolute atomic E-state index is 13.7. The average molecular weight is 541 g/mol. The number of carboxylic acid groups (broad SMARTS) is 1. The van der Waals surface area contributed by atoms with Crippen LogP contribution in [-0.4, -0.2) is 73.9 Å². The summed E-state index contributed by atoms with van der Waals surface area (Å²) in [6.45, 7) is 4.59. The summed E-state index contributed by atoms with van der Waals surface area (Å²) in [7, 11) is 0. The zero-order chi connectivity index (χ0) is 28.0. The second kappa shape index (κ2) is 10.5. The molecule has 3 aromatic rings. The minimum atomic E-state index is -1.88. The van der Waals surface area contributed by atoms with Crippen molar-refractivity contribution in [1.29, 1.82) is 0 Å². The summed E-state index contributed by atoms with van der Waals surface area (Å²) in [6, 6.07) is 10.3. The predicted octanol–water partition coefficient (Wildman–Crippen LogP) is 2.19. The second-order valence-electron chi connectivity index (χ2n) is 10.1. The number of fused-ring (bicyclic) bond motifs is 2. The lowest BCUT2D eigenvalue weighted by Crippen LogP contribution is -2.60. The minimum absolute atomic E-state index is 0.0217. The predicted molar refractivity (Wildman–Crippen MR) is 137 cm³/mol. The largest absolute Gasteiger partial charge is 0.479 e. The molecular formula is C28H29FN2O8.